The Morgan fingerprint density at radius 1 is 1.47 bits per heavy atom. The predicted molar refractivity (Wildman–Crippen MR) is 54.1 cm³/mol. The minimum atomic E-state index is -1.83. The van der Waals surface area contributed by atoms with Gasteiger partial charge in [0.2, 0.25) is 0 Å². The summed E-state index contributed by atoms with van der Waals surface area (Å²) in [6, 6.07) is 4.78. The number of benzene rings is 1. The summed E-state index contributed by atoms with van der Waals surface area (Å²) in [5.74, 6) is -1.78. The average Bonchev–Trinajstić information content (AvgIpc) is 2.35. The molecule has 1 rings (SSSR count). The van der Waals surface area contributed by atoms with Crippen LogP contribution in [0.3, 0.4) is 0 Å². The molecule has 0 fully saturated rings. The van der Waals surface area contributed by atoms with Crippen LogP contribution in [0.1, 0.15) is 17.2 Å². The third-order valence-electron chi connectivity index (χ3n) is 2.13. The van der Waals surface area contributed by atoms with Crippen LogP contribution in [0.5, 0.6) is 0 Å². The average molecular weight is 239 g/mol. The summed E-state index contributed by atoms with van der Waals surface area (Å²) in [6.07, 6.45) is -3.47. The van der Waals surface area contributed by atoms with Gasteiger partial charge in [-0.25, -0.2) is 9.18 Å². The van der Waals surface area contributed by atoms with Crippen LogP contribution < -0.4 is 0 Å². The molecule has 0 aliphatic carbocycles. The molecule has 1 aromatic carbocycles. The van der Waals surface area contributed by atoms with Crippen molar-refractivity contribution in [1.82, 2.24) is 0 Å². The van der Waals surface area contributed by atoms with E-state index in [0.717, 1.165) is 19.2 Å². The van der Waals surface area contributed by atoms with Gasteiger partial charge in [0.15, 0.2) is 6.10 Å². The van der Waals surface area contributed by atoms with Crippen LogP contribution in [0.4, 0.5) is 4.39 Å². The Bertz CT molecular complexity index is 469. The molecule has 0 radical (unpaired) electrons. The summed E-state index contributed by atoms with van der Waals surface area (Å²) in [5, 5.41) is 27.6. The lowest BCUT2D eigenvalue weighted by Crippen LogP contribution is -2.29. The number of carbonyl (C=O) groups is 1. The maximum Gasteiger partial charge on any atom is 0.337 e. The zero-order chi connectivity index (χ0) is 13.0. The first-order chi connectivity index (χ1) is 7.99. The van der Waals surface area contributed by atoms with Crippen LogP contribution in [0.25, 0.3) is 0 Å². The van der Waals surface area contributed by atoms with Crippen LogP contribution >= 0.6 is 0 Å². The molecule has 0 aromatic heterocycles. The van der Waals surface area contributed by atoms with Crippen molar-refractivity contribution in [3.63, 3.8) is 0 Å². The van der Waals surface area contributed by atoms with Crippen LogP contribution in [0.15, 0.2) is 18.2 Å². The van der Waals surface area contributed by atoms with Crippen molar-refractivity contribution in [2.45, 2.75) is 12.2 Å². The van der Waals surface area contributed by atoms with E-state index in [0.29, 0.717) is 0 Å². The SMILES string of the molecule is COC(=O)C(O)C(O)c1cc(F)cc(C#N)c1. The second kappa shape index (κ2) is 5.39. The molecule has 0 aliphatic rings. The van der Waals surface area contributed by atoms with Crippen LogP contribution in [-0.2, 0) is 9.53 Å². The second-order valence-corrected chi connectivity index (χ2v) is 3.30. The number of rotatable bonds is 3. The molecule has 0 saturated heterocycles. The van der Waals surface area contributed by atoms with Gasteiger partial charge in [0.25, 0.3) is 0 Å². The fraction of sp³-hybridized carbons (Fsp3) is 0.273. The van der Waals surface area contributed by atoms with E-state index in [4.69, 9.17) is 5.26 Å². The summed E-state index contributed by atoms with van der Waals surface area (Å²) in [6.45, 7) is 0. The topological polar surface area (TPSA) is 90.6 Å². The monoisotopic (exact) mass is 239 g/mol. The highest BCUT2D eigenvalue weighted by atomic mass is 19.1. The smallest absolute Gasteiger partial charge is 0.337 e. The number of hydrogen-bond donors (Lipinski definition) is 2. The molecule has 0 bridgehead atoms. The largest absolute Gasteiger partial charge is 0.467 e. The maximum absolute atomic E-state index is 13.1. The number of ether oxygens (including phenoxy) is 1. The number of aliphatic hydroxyl groups is 2. The third kappa shape index (κ3) is 3.00. The van der Waals surface area contributed by atoms with Gasteiger partial charge in [-0.1, -0.05) is 0 Å². The second-order valence-electron chi connectivity index (χ2n) is 3.30. The normalized spacial score (nSPS) is 13.6. The van der Waals surface area contributed by atoms with Crippen molar-refractivity contribution in [2.24, 2.45) is 0 Å². The van der Waals surface area contributed by atoms with Gasteiger partial charge in [-0.15, -0.1) is 0 Å². The molecular weight excluding hydrogens is 229 g/mol. The van der Waals surface area contributed by atoms with Crippen LogP contribution in [-0.4, -0.2) is 29.4 Å². The molecular formula is C11H10FNO4. The number of nitriles is 1. The molecule has 0 heterocycles. The Balaban J connectivity index is 3.04. The van der Waals surface area contributed by atoms with Gasteiger partial charge >= 0.3 is 5.97 Å². The van der Waals surface area contributed by atoms with Gasteiger partial charge in [-0.3, -0.25) is 0 Å². The van der Waals surface area contributed by atoms with Crippen molar-refractivity contribution in [1.29, 1.82) is 5.26 Å². The number of methoxy groups -OCH3 is 1. The molecule has 5 nitrogen and oxygen atoms in total. The number of hydrogen-bond acceptors (Lipinski definition) is 5. The number of esters is 1. The van der Waals surface area contributed by atoms with Gasteiger partial charge in [0, 0.05) is 0 Å². The first-order valence-electron chi connectivity index (χ1n) is 4.64. The lowest BCUT2D eigenvalue weighted by molar-refractivity contribution is -0.156. The molecule has 0 saturated carbocycles. The van der Waals surface area contributed by atoms with Crippen LogP contribution in [0, 0.1) is 17.1 Å². The van der Waals surface area contributed by atoms with E-state index < -0.39 is 24.0 Å². The third-order valence-corrected chi connectivity index (χ3v) is 2.13. The fourth-order valence-corrected chi connectivity index (χ4v) is 1.28. The van der Waals surface area contributed by atoms with E-state index in [2.05, 4.69) is 4.74 Å². The lowest BCUT2D eigenvalue weighted by Gasteiger charge is -2.16. The Labute approximate surface area is 96.7 Å². The highest BCUT2D eigenvalue weighted by molar-refractivity contribution is 5.75. The molecule has 17 heavy (non-hydrogen) atoms. The van der Waals surface area contributed by atoms with Gasteiger partial charge in [0.1, 0.15) is 11.9 Å². The maximum atomic E-state index is 13.1. The number of halogens is 1. The Morgan fingerprint density at radius 2 is 2.12 bits per heavy atom. The summed E-state index contributed by atoms with van der Waals surface area (Å²) in [5.41, 5.74) is -0.0874. The number of carbonyl (C=O) groups excluding carboxylic acids is 1. The zero-order valence-electron chi connectivity index (χ0n) is 8.92. The molecule has 2 unspecified atom stereocenters. The molecule has 0 spiro atoms. The minimum absolute atomic E-state index is 0.0175. The number of aliphatic hydroxyl groups excluding tert-OH is 2. The van der Waals surface area contributed by atoms with Crippen molar-refractivity contribution in [3.05, 3.63) is 35.1 Å². The van der Waals surface area contributed by atoms with Gasteiger partial charge < -0.3 is 14.9 Å². The van der Waals surface area contributed by atoms with E-state index in [1.165, 1.54) is 6.07 Å². The fourth-order valence-electron chi connectivity index (χ4n) is 1.28. The highest BCUT2D eigenvalue weighted by Gasteiger charge is 2.27. The van der Waals surface area contributed by atoms with Crippen molar-refractivity contribution in [3.8, 4) is 6.07 Å². The summed E-state index contributed by atoms with van der Waals surface area (Å²) < 4.78 is 17.3. The Morgan fingerprint density at radius 3 is 2.65 bits per heavy atom. The zero-order valence-corrected chi connectivity index (χ0v) is 8.92. The van der Waals surface area contributed by atoms with E-state index in [-0.39, 0.29) is 11.1 Å². The molecule has 1 aromatic rings. The molecule has 90 valence electrons. The first kappa shape index (κ1) is 13.1. The first-order valence-corrected chi connectivity index (χ1v) is 4.64. The van der Waals surface area contributed by atoms with Gasteiger partial charge in [0.05, 0.1) is 18.7 Å². The van der Waals surface area contributed by atoms with E-state index in [9.17, 15) is 19.4 Å². The van der Waals surface area contributed by atoms with Crippen molar-refractivity contribution < 1.29 is 24.1 Å². The predicted octanol–water partition coefficient (Wildman–Crippen LogP) is 0.265. The van der Waals surface area contributed by atoms with E-state index in [1.807, 2.05) is 0 Å². The quantitative estimate of drug-likeness (QED) is 0.738. The molecule has 2 atom stereocenters. The Hall–Kier alpha value is -1.97. The summed E-state index contributed by atoms with van der Waals surface area (Å²) in [4.78, 5) is 11.0. The van der Waals surface area contributed by atoms with Crippen LogP contribution in [0.2, 0.25) is 0 Å². The van der Waals surface area contributed by atoms with Crippen molar-refractivity contribution in [2.75, 3.05) is 7.11 Å². The molecule has 0 aliphatic heterocycles. The number of nitrogens with zero attached hydrogens (tertiary/aromatic N) is 1. The van der Waals surface area contributed by atoms with E-state index >= 15 is 0 Å². The molecule has 2 N–H and O–H groups in total. The molecule has 6 heteroatoms. The Kier molecular flexibility index (Phi) is 4.15. The van der Waals surface area contributed by atoms with Gasteiger partial charge in [-0.05, 0) is 23.8 Å². The summed E-state index contributed by atoms with van der Waals surface area (Å²) >= 11 is 0. The summed E-state index contributed by atoms with van der Waals surface area (Å²) in [7, 11) is 1.05. The lowest BCUT2D eigenvalue weighted by atomic mass is 10.0. The highest BCUT2D eigenvalue weighted by Crippen LogP contribution is 2.20. The van der Waals surface area contributed by atoms with Gasteiger partial charge in [-0.2, -0.15) is 5.26 Å². The minimum Gasteiger partial charge on any atom is -0.467 e. The van der Waals surface area contributed by atoms with E-state index in [1.54, 1.807) is 6.07 Å². The standard InChI is InChI=1S/C11H10FNO4/c1-17-11(16)10(15)9(14)7-2-6(5-13)3-8(12)4-7/h2-4,9-10,14-15H,1H3. The molecule has 0 amide bonds. The van der Waals surface area contributed by atoms with Crippen molar-refractivity contribution >= 4 is 5.97 Å².